The molecule has 3 heterocycles. The van der Waals surface area contributed by atoms with E-state index in [1.807, 2.05) is 44.2 Å². The molecular formula is C25H19N3O4S. The molecule has 0 aliphatic carbocycles. The van der Waals surface area contributed by atoms with Crippen molar-refractivity contribution in [2.45, 2.75) is 20.8 Å². The molecule has 33 heavy (non-hydrogen) atoms. The average molecular weight is 458 g/mol. The summed E-state index contributed by atoms with van der Waals surface area (Å²) in [6.45, 7) is 5.63. The third kappa shape index (κ3) is 3.64. The van der Waals surface area contributed by atoms with Gasteiger partial charge in [0.1, 0.15) is 21.8 Å². The molecule has 5 aromatic rings. The lowest BCUT2D eigenvalue weighted by molar-refractivity contribution is 0.103. The fourth-order valence-corrected chi connectivity index (χ4v) is 4.93. The van der Waals surface area contributed by atoms with Crippen molar-refractivity contribution in [3.63, 3.8) is 0 Å². The number of hydrogen-bond acceptors (Lipinski definition) is 6. The number of aromatic amines is 1. The number of aromatic nitrogens is 2. The molecule has 0 spiro atoms. The molecule has 0 aliphatic heterocycles. The van der Waals surface area contributed by atoms with Gasteiger partial charge in [0.25, 0.3) is 11.5 Å². The molecule has 3 aromatic heterocycles. The Morgan fingerprint density at radius 2 is 1.85 bits per heavy atom. The van der Waals surface area contributed by atoms with Crippen molar-refractivity contribution in [3.05, 3.63) is 90.9 Å². The van der Waals surface area contributed by atoms with Crippen molar-refractivity contribution in [1.29, 1.82) is 0 Å². The second kappa shape index (κ2) is 7.83. The van der Waals surface area contributed by atoms with E-state index >= 15 is 0 Å². The van der Waals surface area contributed by atoms with E-state index in [0.29, 0.717) is 37.3 Å². The first-order valence-electron chi connectivity index (χ1n) is 10.3. The number of hydrogen-bond donors (Lipinski definition) is 2. The molecule has 0 atom stereocenters. The highest BCUT2D eigenvalue weighted by Gasteiger charge is 2.21. The highest BCUT2D eigenvalue weighted by atomic mass is 32.1. The number of H-pyrrole nitrogens is 1. The standard InChI is InChI=1S/C25H19N3O4S/c1-12-8-9-17(13(2)10-12)26-23(30)20-14(3)19-22(29)27-21(28-24(19)33-20)16-11-15-6-4-5-7-18(15)32-25(16)31/h4-11H,1-3H3,(H,26,30)(H,27,28,29). The van der Waals surface area contributed by atoms with E-state index in [0.717, 1.165) is 22.5 Å². The normalized spacial score (nSPS) is 11.2. The summed E-state index contributed by atoms with van der Waals surface area (Å²) in [6.07, 6.45) is 0. The number of nitrogens with one attached hydrogen (secondary N) is 2. The van der Waals surface area contributed by atoms with Crippen LogP contribution in [0, 0.1) is 20.8 Å². The van der Waals surface area contributed by atoms with Crippen molar-refractivity contribution in [3.8, 4) is 11.4 Å². The van der Waals surface area contributed by atoms with Crippen LogP contribution in [0.2, 0.25) is 0 Å². The van der Waals surface area contributed by atoms with Crippen molar-refractivity contribution in [2.75, 3.05) is 5.32 Å². The Morgan fingerprint density at radius 1 is 1.06 bits per heavy atom. The lowest BCUT2D eigenvalue weighted by Crippen LogP contribution is -2.14. The third-order valence-electron chi connectivity index (χ3n) is 5.53. The van der Waals surface area contributed by atoms with Gasteiger partial charge in [0, 0.05) is 11.1 Å². The number of carbonyl (C=O) groups is 1. The molecule has 2 N–H and O–H groups in total. The molecule has 0 saturated heterocycles. The zero-order chi connectivity index (χ0) is 23.3. The van der Waals surface area contributed by atoms with Crippen LogP contribution in [-0.4, -0.2) is 15.9 Å². The minimum absolute atomic E-state index is 0.106. The van der Waals surface area contributed by atoms with E-state index < -0.39 is 11.2 Å². The first kappa shape index (κ1) is 20.8. The molecule has 0 fully saturated rings. The predicted octanol–water partition coefficient (Wildman–Crippen LogP) is 4.94. The fourth-order valence-electron chi connectivity index (χ4n) is 3.85. The van der Waals surface area contributed by atoms with Crippen molar-refractivity contribution in [2.24, 2.45) is 0 Å². The van der Waals surface area contributed by atoms with Gasteiger partial charge in [-0.2, -0.15) is 0 Å². The Morgan fingerprint density at radius 3 is 2.64 bits per heavy atom. The van der Waals surface area contributed by atoms with Crippen LogP contribution in [0.4, 0.5) is 5.69 Å². The van der Waals surface area contributed by atoms with Crippen LogP contribution in [0.1, 0.15) is 26.4 Å². The van der Waals surface area contributed by atoms with E-state index in [-0.39, 0.29) is 17.3 Å². The fraction of sp³-hybridized carbons (Fsp3) is 0.120. The maximum atomic E-state index is 13.0. The van der Waals surface area contributed by atoms with Crippen LogP contribution in [0.5, 0.6) is 0 Å². The minimum Gasteiger partial charge on any atom is -0.422 e. The van der Waals surface area contributed by atoms with Gasteiger partial charge in [0.15, 0.2) is 0 Å². The summed E-state index contributed by atoms with van der Waals surface area (Å²) in [4.78, 5) is 46.4. The molecule has 1 amide bonds. The summed E-state index contributed by atoms with van der Waals surface area (Å²) < 4.78 is 5.37. The quantitative estimate of drug-likeness (QED) is 0.374. The van der Waals surface area contributed by atoms with Crippen LogP contribution >= 0.6 is 11.3 Å². The highest BCUT2D eigenvalue weighted by molar-refractivity contribution is 7.20. The summed E-state index contributed by atoms with van der Waals surface area (Å²) >= 11 is 1.12. The van der Waals surface area contributed by atoms with Crippen LogP contribution in [0.3, 0.4) is 0 Å². The highest BCUT2D eigenvalue weighted by Crippen LogP contribution is 2.29. The maximum Gasteiger partial charge on any atom is 0.347 e. The van der Waals surface area contributed by atoms with E-state index in [2.05, 4.69) is 15.3 Å². The van der Waals surface area contributed by atoms with Gasteiger partial charge < -0.3 is 14.7 Å². The van der Waals surface area contributed by atoms with E-state index in [9.17, 15) is 14.4 Å². The summed E-state index contributed by atoms with van der Waals surface area (Å²) in [7, 11) is 0. The van der Waals surface area contributed by atoms with Gasteiger partial charge in [-0.05, 0) is 50.1 Å². The van der Waals surface area contributed by atoms with Gasteiger partial charge in [-0.1, -0.05) is 35.9 Å². The summed E-state index contributed by atoms with van der Waals surface area (Å²) in [5.41, 5.74) is 2.89. The Hall–Kier alpha value is -4.04. The summed E-state index contributed by atoms with van der Waals surface area (Å²) in [6, 6.07) is 14.5. The lowest BCUT2D eigenvalue weighted by Gasteiger charge is -2.08. The van der Waals surface area contributed by atoms with Gasteiger partial charge in [-0.15, -0.1) is 11.3 Å². The van der Waals surface area contributed by atoms with E-state index in [4.69, 9.17) is 4.42 Å². The number of nitrogens with zero attached hydrogens (tertiary/aromatic N) is 1. The molecule has 0 unspecified atom stereocenters. The number of amides is 1. The lowest BCUT2D eigenvalue weighted by atomic mass is 10.1. The van der Waals surface area contributed by atoms with Crippen LogP contribution < -0.4 is 16.5 Å². The van der Waals surface area contributed by atoms with Gasteiger partial charge in [-0.3, -0.25) is 9.59 Å². The average Bonchev–Trinajstić information content (AvgIpc) is 3.12. The number of thiophene rings is 1. The number of benzene rings is 2. The maximum absolute atomic E-state index is 13.0. The van der Waals surface area contributed by atoms with Gasteiger partial charge in [0.2, 0.25) is 0 Å². The first-order valence-corrected chi connectivity index (χ1v) is 11.1. The molecule has 0 radical (unpaired) electrons. The summed E-state index contributed by atoms with van der Waals surface area (Å²) in [5, 5.41) is 3.96. The number of aryl methyl sites for hydroxylation is 3. The SMILES string of the molecule is Cc1ccc(NC(=O)c2sc3nc(-c4cc5ccccc5oc4=O)[nH]c(=O)c3c2C)c(C)c1. The van der Waals surface area contributed by atoms with Crippen molar-refractivity contribution < 1.29 is 9.21 Å². The zero-order valence-electron chi connectivity index (χ0n) is 18.1. The second-order valence-electron chi connectivity index (χ2n) is 7.91. The van der Waals surface area contributed by atoms with Gasteiger partial charge in [-0.25, -0.2) is 9.78 Å². The zero-order valence-corrected chi connectivity index (χ0v) is 18.9. The number of para-hydroxylation sites is 1. The summed E-state index contributed by atoms with van der Waals surface area (Å²) in [5.74, 6) is -0.205. The number of fused-ring (bicyclic) bond motifs is 2. The largest absolute Gasteiger partial charge is 0.422 e. The van der Waals surface area contributed by atoms with Crippen molar-refractivity contribution in [1.82, 2.24) is 9.97 Å². The molecule has 8 heteroatoms. The number of carbonyl (C=O) groups excluding carboxylic acids is 1. The van der Waals surface area contributed by atoms with Crippen LogP contribution in [0.15, 0.2) is 62.5 Å². The Kier molecular flexibility index (Phi) is 4.94. The Labute approximate surface area is 191 Å². The monoisotopic (exact) mass is 457 g/mol. The second-order valence-corrected chi connectivity index (χ2v) is 8.91. The molecule has 2 aromatic carbocycles. The van der Waals surface area contributed by atoms with Crippen LogP contribution in [-0.2, 0) is 0 Å². The smallest absolute Gasteiger partial charge is 0.347 e. The van der Waals surface area contributed by atoms with Gasteiger partial charge >= 0.3 is 5.63 Å². The third-order valence-corrected chi connectivity index (χ3v) is 6.72. The Balaban J connectivity index is 1.59. The van der Waals surface area contributed by atoms with Crippen molar-refractivity contribution >= 4 is 44.1 Å². The topological polar surface area (TPSA) is 105 Å². The molecule has 0 aliphatic rings. The van der Waals surface area contributed by atoms with Gasteiger partial charge in [0.05, 0.1) is 10.3 Å². The molecular weight excluding hydrogens is 438 g/mol. The molecule has 0 saturated carbocycles. The molecule has 5 rings (SSSR count). The van der Waals surface area contributed by atoms with E-state index in [1.54, 1.807) is 25.1 Å². The Bertz CT molecular complexity index is 1690. The first-order chi connectivity index (χ1) is 15.8. The molecule has 7 nitrogen and oxygen atoms in total. The molecule has 0 bridgehead atoms. The predicted molar refractivity (Wildman–Crippen MR) is 130 cm³/mol. The number of anilines is 1. The molecule has 164 valence electrons. The number of rotatable bonds is 3. The minimum atomic E-state index is -0.600. The van der Waals surface area contributed by atoms with E-state index in [1.165, 1.54) is 0 Å². The van der Waals surface area contributed by atoms with Crippen LogP contribution in [0.25, 0.3) is 32.6 Å².